The number of benzene rings is 2. The van der Waals surface area contributed by atoms with Gasteiger partial charge in [-0.05, 0) is 42.0 Å². The van der Waals surface area contributed by atoms with Gasteiger partial charge in [0.05, 0.1) is 30.9 Å². The van der Waals surface area contributed by atoms with Crippen molar-refractivity contribution in [2.45, 2.75) is 36.1 Å². The van der Waals surface area contributed by atoms with E-state index < -0.39 is 12.1 Å². The topological polar surface area (TPSA) is 63.9 Å². The number of likely N-dealkylation sites (tertiary alicyclic amines) is 1. The summed E-state index contributed by atoms with van der Waals surface area (Å²) in [6.07, 6.45) is -2.20. The Morgan fingerprint density at radius 1 is 1.14 bits per heavy atom. The van der Waals surface area contributed by atoms with Gasteiger partial charge in [0.2, 0.25) is 0 Å². The number of carbonyl (C=O) groups is 1. The van der Waals surface area contributed by atoms with E-state index in [2.05, 4.69) is 27.3 Å². The van der Waals surface area contributed by atoms with Gasteiger partial charge in [0.15, 0.2) is 5.75 Å². The summed E-state index contributed by atoms with van der Waals surface area (Å²) < 4.78 is 65.5. The molecule has 0 radical (unpaired) electrons. The average molecular weight is 634 g/mol. The third kappa shape index (κ3) is 6.55. The first kappa shape index (κ1) is 27.6. The molecule has 1 aromatic heterocycles. The van der Waals surface area contributed by atoms with Gasteiger partial charge in [0.25, 0.3) is 5.91 Å². The number of carbonyl (C=O) groups excluding carboxylic acids is 1. The molecule has 1 fully saturated rings. The summed E-state index contributed by atoms with van der Waals surface area (Å²) in [7, 11) is 0. The van der Waals surface area contributed by atoms with Crippen LogP contribution >= 0.6 is 22.6 Å². The number of aliphatic hydroxyl groups excluding tert-OH is 1. The number of nitrogens with zero attached hydrogens (tertiary/aromatic N) is 2. The monoisotopic (exact) mass is 634 g/mol. The van der Waals surface area contributed by atoms with Crippen molar-refractivity contribution in [3.05, 3.63) is 65.1 Å². The van der Waals surface area contributed by atoms with E-state index in [9.17, 15) is 22.4 Å². The lowest BCUT2D eigenvalue weighted by molar-refractivity contribution is -0.274. The molecule has 0 spiro atoms. The molecule has 0 unspecified atom stereocenters. The predicted molar refractivity (Wildman–Crippen MR) is 139 cm³/mol. The van der Waals surface area contributed by atoms with Crippen LogP contribution in [0.5, 0.6) is 5.75 Å². The normalized spacial score (nSPS) is 14.9. The zero-order chi connectivity index (χ0) is 26.6. The van der Waals surface area contributed by atoms with Crippen molar-refractivity contribution < 1.29 is 36.9 Å². The quantitative estimate of drug-likeness (QED) is 0.143. The summed E-state index contributed by atoms with van der Waals surface area (Å²) in [6, 6.07) is 9.36. The van der Waals surface area contributed by atoms with Crippen LogP contribution in [-0.2, 0) is 15.7 Å². The average Bonchev–Trinajstić information content (AvgIpc) is 3.25. The maximum atomic E-state index is 14.5. The standard InChI is InChI=1S/C26H27F4IN2O4/c27-22-5-4-17(15-31)14-20(22)18-6-8-32(9-7-18)25(35)21-16-33(10-12-36-13-11-34)24-19(21)2-1-3-23(24)37-26(28,29)30/h1-5,14,16,18,34H,6-13,15H2. The van der Waals surface area contributed by atoms with Crippen LogP contribution in [0.25, 0.3) is 10.9 Å². The van der Waals surface area contributed by atoms with Gasteiger partial charge in [-0.15, -0.1) is 13.2 Å². The summed E-state index contributed by atoms with van der Waals surface area (Å²) in [6.45, 7) is 1.01. The van der Waals surface area contributed by atoms with Crippen molar-refractivity contribution in [1.29, 1.82) is 0 Å². The fourth-order valence-electron chi connectivity index (χ4n) is 4.76. The number of aromatic nitrogens is 1. The molecule has 11 heteroatoms. The maximum absolute atomic E-state index is 14.5. The molecule has 1 aliphatic rings. The van der Waals surface area contributed by atoms with Crippen LogP contribution in [0.2, 0.25) is 0 Å². The second kappa shape index (κ2) is 12.0. The van der Waals surface area contributed by atoms with E-state index >= 15 is 0 Å². The number of piperidine rings is 1. The lowest BCUT2D eigenvalue weighted by atomic mass is 9.88. The van der Waals surface area contributed by atoms with Crippen LogP contribution in [0.3, 0.4) is 0 Å². The molecule has 2 heterocycles. The first-order chi connectivity index (χ1) is 17.7. The molecule has 4 rings (SSSR count). The van der Waals surface area contributed by atoms with Crippen molar-refractivity contribution in [1.82, 2.24) is 9.47 Å². The number of hydrogen-bond acceptors (Lipinski definition) is 4. The van der Waals surface area contributed by atoms with Gasteiger partial charge in [-0.3, -0.25) is 4.79 Å². The highest BCUT2D eigenvalue weighted by molar-refractivity contribution is 14.1. The summed E-state index contributed by atoms with van der Waals surface area (Å²) in [5, 5.41) is 9.26. The first-order valence-corrected chi connectivity index (χ1v) is 13.4. The molecule has 37 heavy (non-hydrogen) atoms. The fourth-order valence-corrected chi connectivity index (χ4v) is 5.24. The SMILES string of the molecule is O=C(c1cn(CCOCCO)c2c(OC(F)(F)F)cccc12)N1CCC(c2cc(CI)ccc2F)CC1. The lowest BCUT2D eigenvalue weighted by Crippen LogP contribution is -2.38. The summed E-state index contributed by atoms with van der Waals surface area (Å²) in [4.78, 5) is 15.2. The third-order valence-corrected chi connectivity index (χ3v) is 7.35. The Morgan fingerprint density at radius 3 is 2.57 bits per heavy atom. The Balaban J connectivity index is 1.58. The third-order valence-electron chi connectivity index (χ3n) is 6.47. The number of fused-ring (bicyclic) bond motifs is 1. The Morgan fingerprint density at radius 2 is 1.89 bits per heavy atom. The Hall–Kier alpha value is -2.38. The smallest absolute Gasteiger partial charge is 0.404 e. The highest BCUT2D eigenvalue weighted by Gasteiger charge is 2.33. The van der Waals surface area contributed by atoms with Crippen LogP contribution in [-0.4, -0.2) is 59.8 Å². The summed E-state index contributed by atoms with van der Waals surface area (Å²) >= 11 is 2.23. The largest absolute Gasteiger partial charge is 0.573 e. The van der Waals surface area contributed by atoms with E-state index in [1.807, 2.05) is 6.07 Å². The Bertz CT molecular complexity index is 1240. The second-order valence-corrected chi connectivity index (χ2v) is 9.59. The van der Waals surface area contributed by atoms with Gasteiger partial charge >= 0.3 is 6.36 Å². The molecule has 0 aliphatic carbocycles. The van der Waals surface area contributed by atoms with Gasteiger partial charge < -0.3 is 24.0 Å². The first-order valence-electron chi connectivity index (χ1n) is 11.9. The van der Waals surface area contributed by atoms with E-state index in [0.29, 0.717) is 36.9 Å². The molecular weight excluding hydrogens is 607 g/mol. The second-order valence-electron chi connectivity index (χ2n) is 8.83. The summed E-state index contributed by atoms with van der Waals surface area (Å²) in [5.74, 6) is -0.967. The zero-order valence-corrected chi connectivity index (χ0v) is 22.1. The minimum Gasteiger partial charge on any atom is -0.404 e. The van der Waals surface area contributed by atoms with Crippen LogP contribution in [0, 0.1) is 5.82 Å². The molecule has 0 atom stereocenters. The van der Waals surface area contributed by atoms with E-state index in [0.717, 1.165) is 9.99 Å². The molecule has 0 bridgehead atoms. The van der Waals surface area contributed by atoms with Crippen LogP contribution < -0.4 is 4.74 Å². The molecule has 1 saturated heterocycles. The maximum Gasteiger partial charge on any atom is 0.573 e. The molecule has 6 nitrogen and oxygen atoms in total. The molecule has 3 aromatic rings. The minimum absolute atomic E-state index is 0.0104. The number of aliphatic hydroxyl groups is 1. The molecule has 1 N–H and O–H groups in total. The number of alkyl halides is 4. The number of amides is 1. The van der Waals surface area contributed by atoms with Gasteiger partial charge in [0.1, 0.15) is 5.82 Å². The van der Waals surface area contributed by atoms with Gasteiger partial charge in [-0.25, -0.2) is 4.39 Å². The van der Waals surface area contributed by atoms with Crippen LogP contribution in [0.4, 0.5) is 17.6 Å². The Kier molecular flexibility index (Phi) is 8.96. The number of halogens is 5. The van der Waals surface area contributed by atoms with Crippen LogP contribution in [0.15, 0.2) is 42.6 Å². The van der Waals surface area contributed by atoms with Crippen molar-refractivity contribution in [2.75, 3.05) is 32.9 Å². The fraction of sp³-hybridized carbons (Fsp3) is 0.423. The lowest BCUT2D eigenvalue weighted by Gasteiger charge is -2.32. The number of para-hydroxylation sites is 1. The number of ether oxygens (including phenoxy) is 2. The highest BCUT2D eigenvalue weighted by Crippen LogP contribution is 2.36. The minimum atomic E-state index is -4.90. The van der Waals surface area contributed by atoms with E-state index in [4.69, 9.17) is 9.84 Å². The summed E-state index contributed by atoms with van der Waals surface area (Å²) in [5.41, 5.74) is 2.11. The van der Waals surface area contributed by atoms with Crippen LogP contribution in [0.1, 0.15) is 40.2 Å². The van der Waals surface area contributed by atoms with Crippen molar-refractivity contribution in [2.24, 2.45) is 0 Å². The molecule has 1 amide bonds. The van der Waals surface area contributed by atoms with E-state index in [1.165, 1.54) is 29.0 Å². The van der Waals surface area contributed by atoms with E-state index in [1.54, 1.807) is 17.0 Å². The predicted octanol–water partition coefficient (Wildman–Crippen LogP) is 5.64. The van der Waals surface area contributed by atoms with Gasteiger partial charge in [-0.2, -0.15) is 0 Å². The van der Waals surface area contributed by atoms with Crippen molar-refractivity contribution >= 4 is 39.4 Å². The van der Waals surface area contributed by atoms with Crippen molar-refractivity contribution in [3.63, 3.8) is 0 Å². The van der Waals surface area contributed by atoms with Gasteiger partial charge in [-0.1, -0.05) is 46.9 Å². The molecule has 1 aliphatic heterocycles. The number of hydrogen-bond donors (Lipinski definition) is 1. The van der Waals surface area contributed by atoms with E-state index in [-0.39, 0.29) is 55.1 Å². The molecule has 200 valence electrons. The zero-order valence-electron chi connectivity index (χ0n) is 19.9. The molecular formula is C26H27F4IN2O4. The molecule has 0 saturated carbocycles. The van der Waals surface area contributed by atoms with Gasteiger partial charge in [0, 0.05) is 35.6 Å². The Labute approximate surface area is 225 Å². The van der Waals surface area contributed by atoms with Crippen molar-refractivity contribution in [3.8, 4) is 5.75 Å². The molecule has 2 aromatic carbocycles. The highest BCUT2D eigenvalue weighted by atomic mass is 127. The number of rotatable bonds is 9.